The number of carbonyl (C=O) groups excluding carboxylic acids is 1. The molecule has 0 heterocycles. The summed E-state index contributed by atoms with van der Waals surface area (Å²) < 4.78 is 18.7. The fourth-order valence-corrected chi connectivity index (χ4v) is 2.99. The van der Waals surface area contributed by atoms with Crippen molar-refractivity contribution in [2.24, 2.45) is 0 Å². The summed E-state index contributed by atoms with van der Waals surface area (Å²) in [6.45, 7) is 7.79. The second-order valence-corrected chi connectivity index (χ2v) is 7.39. The van der Waals surface area contributed by atoms with Crippen molar-refractivity contribution in [3.8, 4) is 5.75 Å². The second kappa shape index (κ2) is 11.5. The van der Waals surface area contributed by atoms with Crippen LogP contribution in [0.3, 0.4) is 0 Å². The molecule has 29 heavy (non-hydrogen) atoms. The molecule has 0 aliphatic carbocycles. The van der Waals surface area contributed by atoms with Crippen molar-refractivity contribution in [2.75, 3.05) is 26.2 Å². The molecule has 0 aliphatic heterocycles. The van der Waals surface area contributed by atoms with Gasteiger partial charge in [-0.05, 0) is 41.8 Å². The largest absolute Gasteiger partial charge is 0.491 e. The number of rotatable bonds is 11. The summed E-state index contributed by atoms with van der Waals surface area (Å²) in [6.07, 6.45) is -0.708. The lowest BCUT2D eigenvalue weighted by atomic mass is 10.0. The number of nitrogens with zero attached hydrogens (tertiary/aromatic N) is 1. The van der Waals surface area contributed by atoms with E-state index in [1.807, 2.05) is 36.1 Å². The van der Waals surface area contributed by atoms with Gasteiger partial charge in [0.05, 0.1) is 6.54 Å². The molecule has 158 valence electrons. The topological polar surface area (TPSA) is 61.8 Å². The van der Waals surface area contributed by atoms with Crippen molar-refractivity contribution in [1.82, 2.24) is 10.2 Å². The molecular formula is C23H31FN2O3. The van der Waals surface area contributed by atoms with Crippen LogP contribution in [0.5, 0.6) is 5.75 Å². The number of nitrogens with one attached hydrogen (secondary N) is 1. The molecular weight excluding hydrogens is 371 g/mol. The average Bonchev–Trinajstić information content (AvgIpc) is 2.71. The van der Waals surface area contributed by atoms with Crippen molar-refractivity contribution in [3.05, 3.63) is 65.5 Å². The zero-order chi connectivity index (χ0) is 21.2. The van der Waals surface area contributed by atoms with E-state index >= 15 is 0 Å². The van der Waals surface area contributed by atoms with Crippen LogP contribution in [0.1, 0.15) is 37.8 Å². The fourth-order valence-electron chi connectivity index (χ4n) is 2.99. The Hall–Kier alpha value is -2.44. The van der Waals surface area contributed by atoms with E-state index in [0.717, 1.165) is 16.9 Å². The van der Waals surface area contributed by atoms with Crippen LogP contribution in [0.4, 0.5) is 4.39 Å². The monoisotopic (exact) mass is 402 g/mol. The number of likely N-dealkylation sites (N-methyl/N-ethyl adjacent to an activating group) is 1. The van der Waals surface area contributed by atoms with Gasteiger partial charge < -0.3 is 15.2 Å². The molecule has 2 aromatic rings. The van der Waals surface area contributed by atoms with Gasteiger partial charge in [0.15, 0.2) is 0 Å². The lowest BCUT2D eigenvalue weighted by Gasteiger charge is -2.23. The van der Waals surface area contributed by atoms with Gasteiger partial charge >= 0.3 is 0 Å². The highest BCUT2D eigenvalue weighted by Crippen LogP contribution is 2.25. The summed E-state index contributed by atoms with van der Waals surface area (Å²) in [5.41, 5.74) is 1.94. The molecule has 0 bridgehead atoms. The lowest BCUT2D eigenvalue weighted by molar-refractivity contribution is -0.122. The first kappa shape index (κ1) is 22.8. The summed E-state index contributed by atoms with van der Waals surface area (Å²) in [7, 11) is 0. The number of benzene rings is 2. The van der Waals surface area contributed by atoms with Gasteiger partial charge in [-0.15, -0.1) is 0 Å². The van der Waals surface area contributed by atoms with E-state index in [2.05, 4.69) is 19.2 Å². The second-order valence-electron chi connectivity index (χ2n) is 7.39. The third-order valence-corrected chi connectivity index (χ3v) is 4.66. The molecule has 2 rings (SSSR count). The molecule has 1 unspecified atom stereocenters. The molecule has 2 N–H and O–H groups in total. The minimum Gasteiger partial charge on any atom is -0.491 e. The van der Waals surface area contributed by atoms with Crippen molar-refractivity contribution >= 4 is 5.91 Å². The van der Waals surface area contributed by atoms with Crippen LogP contribution >= 0.6 is 0 Å². The number of halogens is 1. The van der Waals surface area contributed by atoms with Crippen LogP contribution in [0, 0.1) is 5.82 Å². The fraction of sp³-hybridized carbons (Fsp3) is 0.435. The molecule has 2 aromatic carbocycles. The molecule has 0 saturated heterocycles. The number of carbonyl (C=O) groups is 1. The van der Waals surface area contributed by atoms with Gasteiger partial charge in [0.2, 0.25) is 5.91 Å². The predicted molar refractivity (Wildman–Crippen MR) is 112 cm³/mol. The van der Waals surface area contributed by atoms with Crippen molar-refractivity contribution in [2.45, 2.75) is 39.3 Å². The maximum Gasteiger partial charge on any atom is 0.234 e. The number of amides is 1. The van der Waals surface area contributed by atoms with Gasteiger partial charge in [-0.25, -0.2) is 4.39 Å². The number of ether oxygens (including phenoxy) is 1. The maximum atomic E-state index is 12.9. The van der Waals surface area contributed by atoms with Gasteiger partial charge in [0.1, 0.15) is 24.3 Å². The van der Waals surface area contributed by atoms with Gasteiger partial charge in [-0.1, -0.05) is 51.1 Å². The van der Waals surface area contributed by atoms with Gasteiger partial charge in [-0.2, -0.15) is 0 Å². The summed E-state index contributed by atoms with van der Waals surface area (Å²) in [5, 5.41) is 13.2. The summed E-state index contributed by atoms with van der Waals surface area (Å²) >= 11 is 0. The van der Waals surface area contributed by atoms with Gasteiger partial charge in [-0.3, -0.25) is 9.69 Å². The first-order chi connectivity index (χ1) is 13.9. The Morgan fingerprint density at radius 1 is 1.17 bits per heavy atom. The van der Waals surface area contributed by atoms with Crippen LogP contribution < -0.4 is 10.1 Å². The Labute approximate surface area is 172 Å². The highest BCUT2D eigenvalue weighted by atomic mass is 19.1. The lowest BCUT2D eigenvalue weighted by Crippen LogP contribution is -2.42. The smallest absolute Gasteiger partial charge is 0.234 e. The van der Waals surface area contributed by atoms with Crippen LogP contribution in [0.15, 0.2) is 48.5 Å². The summed E-state index contributed by atoms with van der Waals surface area (Å²) in [5.74, 6) is 0.667. The van der Waals surface area contributed by atoms with Crippen LogP contribution in [0.2, 0.25) is 0 Å². The van der Waals surface area contributed by atoms with Crippen LogP contribution in [-0.4, -0.2) is 48.3 Å². The third-order valence-electron chi connectivity index (χ3n) is 4.66. The molecule has 0 aliphatic rings. The molecule has 5 nitrogen and oxygen atoms in total. The number of hydrogen-bond donors (Lipinski definition) is 2. The van der Waals surface area contributed by atoms with E-state index in [9.17, 15) is 14.3 Å². The molecule has 1 amide bonds. The van der Waals surface area contributed by atoms with Crippen LogP contribution in [-0.2, 0) is 11.3 Å². The number of aliphatic hydroxyl groups is 1. The van der Waals surface area contributed by atoms with E-state index in [0.29, 0.717) is 25.6 Å². The first-order valence-electron chi connectivity index (χ1n) is 10.0. The molecule has 0 fully saturated rings. The normalized spacial score (nSPS) is 12.2. The SMILES string of the molecule is CCN(CC(=O)NCc1ccc(F)cc1)CC(O)COc1ccccc1C(C)C. The Morgan fingerprint density at radius 2 is 1.86 bits per heavy atom. The van der Waals surface area contributed by atoms with E-state index in [1.54, 1.807) is 12.1 Å². The number of hydrogen-bond acceptors (Lipinski definition) is 4. The van der Waals surface area contributed by atoms with Crippen molar-refractivity contribution in [1.29, 1.82) is 0 Å². The Bertz CT molecular complexity index is 765. The molecule has 0 radical (unpaired) electrons. The van der Waals surface area contributed by atoms with E-state index < -0.39 is 6.10 Å². The molecule has 1 atom stereocenters. The average molecular weight is 403 g/mol. The Balaban J connectivity index is 1.78. The summed E-state index contributed by atoms with van der Waals surface area (Å²) in [4.78, 5) is 14.1. The van der Waals surface area contributed by atoms with Crippen LogP contribution in [0.25, 0.3) is 0 Å². The van der Waals surface area contributed by atoms with E-state index in [-0.39, 0.29) is 24.9 Å². The van der Waals surface area contributed by atoms with Gasteiger partial charge in [0, 0.05) is 13.1 Å². The van der Waals surface area contributed by atoms with E-state index in [1.165, 1.54) is 12.1 Å². The minimum absolute atomic E-state index is 0.144. The highest BCUT2D eigenvalue weighted by Gasteiger charge is 2.15. The quantitative estimate of drug-likeness (QED) is 0.605. The number of para-hydroxylation sites is 1. The Morgan fingerprint density at radius 3 is 2.52 bits per heavy atom. The number of aliphatic hydroxyl groups excluding tert-OH is 1. The first-order valence-corrected chi connectivity index (χ1v) is 10.0. The Kier molecular flexibility index (Phi) is 9.09. The highest BCUT2D eigenvalue weighted by molar-refractivity contribution is 5.78. The maximum absolute atomic E-state index is 12.9. The third kappa shape index (κ3) is 7.83. The summed E-state index contributed by atoms with van der Waals surface area (Å²) in [6, 6.07) is 13.8. The standard InChI is InChI=1S/C23H31FN2O3/c1-4-26(15-23(28)25-13-18-9-11-19(24)12-10-18)14-20(27)16-29-22-8-6-5-7-21(22)17(2)3/h5-12,17,20,27H,4,13-16H2,1-3H3,(H,25,28). The minimum atomic E-state index is -0.708. The van der Waals surface area contributed by atoms with Crippen molar-refractivity contribution < 1.29 is 19.0 Å². The molecule has 0 aromatic heterocycles. The molecule has 0 spiro atoms. The molecule has 0 saturated carbocycles. The van der Waals surface area contributed by atoms with Crippen molar-refractivity contribution in [3.63, 3.8) is 0 Å². The molecule has 6 heteroatoms. The zero-order valence-corrected chi connectivity index (χ0v) is 17.4. The van der Waals surface area contributed by atoms with E-state index in [4.69, 9.17) is 4.74 Å². The van der Waals surface area contributed by atoms with Gasteiger partial charge in [0.25, 0.3) is 0 Å². The zero-order valence-electron chi connectivity index (χ0n) is 17.4. The predicted octanol–water partition coefficient (Wildman–Crippen LogP) is 3.33.